The van der Waals surface area contributed by atoms with Gasteiger partial charge in [-0.25, -0.2) is 4.39 Å². The van der Waals surface area contributed by atoms with Gasteiger partial charge in [-0.2, -0.15) is 0 Å². The first kappa shape index (κ1) is 12.0. The SMILES string of the molecule is CC(O)C1CCN(c2ccc(F)cc2C=O)C1. The quantitative estimate of drug-likeness (QED) is 0.815. The van der Waals surface area contributed by atoms with E-state index in [1.807, 2.05) is 4.90 Å². The lowest BCUT2D eigenvalue weighted by molar-refractivity contribution is 0.112. The van der Waals surface area contributed by atoms with Crippen molar-refractivity contribution in [3.63, 3.8) is 0 Å². The number of hydrogen-bond acceptors (Lipinski definition) is 3. The Labute approximate surface area is 99.9 Å². The van der Waals surface area contributed by atoms with Crippen LogP contribution < -0.4 is 4.90 Å². The Bertz CT molecular complexity index is 420. The van der Waals surface area contributed by atoms with Gasteiger partial charge in [0.2, 0.25) is 0 Å². The molecule has 1 aliphatic heterocycles. The zero-order valence-electron chi connectivity index (χ0n) is 9.77. The van der Waals surface area contributed by atoms with Crippen LogP contribution in [-0.2, 0) is 0 Å². The normalized spacial score (nSPS) is 21.6. The van der Waals surface area contributed by atoms with Crippen molar-refractivity contribution >= 4 is 12.0 Å². The van der Waals surface area contributed by atoms with Gasteiger partial charge >= 0.3 is 0 Å². The largest absolute Gasteiger partial charge is 0.393 e. The maximum absolute atomic E-state index is 13.0. The lowest BCUT2D eigenvalue weighted by Gasteiger charge is -2.21. The summed E-state index contributed by atoms with van der Waals surface area (Å²) in [7, 11) is 0. The third-order valence-corrected chi connectivity index (χ3v) is 3.36. The molecule has 0 amide bonds. The van der Waals surface area contributed by atoms with Crippen LogP contribution >= 0.6 is 0 Å². The molecule has 2 atom stereocenters. The predicted octanol–water partition coefficient (Wildman–Crippen LogP) is 1.85. The van der Waals surface area contributed by atoms with E-state index < -0.39 is 5.82 Å². The van der Waals surface area contributed by atoms with Gasteiger partial charge in [-0.05, 0) is 31.5 Å². The lowest BCUT2D eigenvalue weighted by atomic mass is 10.0. The Hall–Kier alpha value is -1.42. The fraction of sp³-hybridized carbons (Fsp3) is 0.462. The zero-order chi connectivity index (χ0) is 12.4. The molecule has 1 fully saturated rings. The summed E-state index contributed by atoms with van der Waals surface area (Å²) in [5, 5.41) is 9.53. The monoisotopic (exact) mass is 237 g/mol. The molecule has 0 aliphatic carbocycles. The first-order valence-electron chi connectivity index (χ1n) is 5.79. The zero-order valence-corrected chi connectivity index (χ0v) is 9.77. The van der Waals surface area contributed by atoms with Gasteiger partial charge in [0.05, 0.1) is 6.10 Å². The number of aldehydes is 1. The highest BCUT2D eigenvalue weighted by molar-refractivity contribution is 5.84. The van der Waals surface area contributed by atoms with E-state index in [-0.39, 0.29) is 12.0 Å². The summed E-state index contributed by atoms with van der Waals surface area (Å²) < 4.78 is 13.0. The minimum absolute atomic E-state index is 0.222. The van der Waals surface area contributed by atoms with Crippen LogP contribution in [0, 0.1) is 11.7 Å². The summed E-state index contributed by atoms with van der Waals surface area (Å²) in [6.45, 7) is 3.28. The Morgan fingerprint density at radius 1 is 1.59 bits per heavy atom. The molecule has 92 valence electrons. The molecule has 1 aliphatic rings. The van der Waals surface area contributed by atoms with E-state index in [1.165, 1.54) is 12.1 Å². The average Bonchev–Trinajstić information content (AvgIpc) is 2.78. The number of rotatable bonds is 3. The molecule has 17 heavy (non-hydrogen) atoms. The van der Waals surface area contributed by atoms with Gasteiger partial charge in [-0.1, -0.05) is 0 Å². The van der Waals surface area contributed by atoms with Crippen LogP contribution in [0.2, 0.25) is 0 Å². The van der Waals surface area contributed by atoms with Gasteiger partial charge in [0, 0.05) is 30.3 Å². The number of nitrogens with zero attached hydrogens (tertiary/aromatic N) is 1. The van der Waals surface area contributed by atoms with Crippen molar-refractivity contribution in [2.45, 2.75) is 19.4 Å². The van der Waals surface area contributed by atoms with E-state index in [9.17, 15) is 14.3 Å². The molecule has 2 unspecified atom stereocenters. The molecular formula is C13H16FNO2. The highest BCUT2D eigenvalue weighted by Gasteiger charge is 2.27. The van der Waals surface area contributed by atoms with Crippen LogP contribution in [0.4, 0.5) is 10.1 Å². The van der Waals surface area contributed by atoms with Crippen LogP contribution in [-0.4, -0.2) is 30.6 Å². The summed E-state index contributed by atoms with van der Waals surface area (Å²) in [5.41, 5.74) is 1.13. The first-order valence-corrected chi connectivity index (χ1v) is 5.79. The molecule has 1 aromatic rings. The molecule has 1 heterocycles. The number of carbonyl (C=O) groups is 1. The molecule has 2 rings (SSSR count). The van der Waals surface area contributed by atoms with Crippen molar-refractivity contribution < 1.29 is 14.3 Å². The molecule has 0 aromatic heterocycles. The molecule has 0 bridgehead atoms. The third kappa shape index (κ3) is 2.47. The highest BCUT2D eigenvalue weighted by Crippen LogP contribution is 2.28. The van der Waals surface area contributed by atoms with Crippen molar-refractivity contribution in [2.24, 2.45) is 5.92 Å². The highest BCUT2D eigenvalue weighted by atomic mass is 19.1. The van der Waals surface area contributed by atoms with Gasteiger partial charge in [-0.15, -0.1) is 0 Å². The fourth-order valence-corrected chi connectivity index (χ4v) is 2.31. The Morgan fingerprint density at radius 3 is 2.94 bits per heavy atom. The second-order valence-electron chi connectivity index (χ2n) is 4.56. The van der Waals surface area contributed by atoms with E-state index in [4.69, 9.17) is 0 Å². The summed E-state index contributed by atoms with van der Waals surface area (Å²) in [6.07, 6.45) is 1.22. The molecule has 1 saturated heterocycles. The van der Waals surface area contributed by atoms with Crippen molar-refractivity contribution in [3.05, 3.63) is 29.6 Å². The molecular weight excluding hydrogens is 221 g/mol. The van der Waals surface area contributed by atoms with Crippen molar-refractivity contribution in [2.75, 3.05) is 18.0 Å². The number of aliphatic hydroxyl groups is 1. The third-order valence-electron chi connectivity index (χ3n) is 3.36. The number of hydrogen-bond donors (Lipinski definition) is 1. The summed E-state index contributed by atoms with van der Waals surface area (Å²) in [4.78, 5) is 12.9. The van der Waals surface area contributed by atoms with E-state index in [2.05, 4.69) is 0 Å². The van der Waals surface area contributed by atoms with Gasteiger partial charge in [0.1, 0.15) is 5.82 Å². The minimum atomic E-state index is -0.401. The average molecular weight is 237 g/mol. The van der Waals surface area contributed by atoms with Crippen molar-refractivity contribution in [1.82, 2.24) is 0 Å². The molecule has 0 saturated carbocycles. The van der Waals surface area contributed by atoms with Gasteiger partial charge in [-0.3, -0.25) is 4.79 Å². The first-order chi connectivity index (χ1) is 8.11. The molecule has 0 radical (unpaired) electrons. The number of aliphatic hydroxyl groups excluding tert-OH is 1. The van der Waals surface area contributed by atoms with Gasteiger partial charge < -0.3 is 10.0 Å². The van der Waals surface area contributed by atoms with E-state index in [1.54, 1.807) is 13.0 Å². The second-order valence-corrected chi connectivity index (χ2v) is 4.56. The number of carbonyl (C=O) groups excluding carboxylic acids is 1. The standard InChI is InChI=1S/C13H16FNO2/c1-9(17)10-4-5-15(7-10)13-3-2-12(14)6-11(13)8-16/h2-3,6,8-10,17H,4-5,7H2,1H3. The molecule has 3 nitrogen and oxygen atoms in total. The predicted molar refractivity (Wildman–Crippen MR) is 63.8 cm³/mol. The van der Waals surface area contributed by atoms with Crippen LogP contribution in [0.1, 0.15) is 23.7 Å². The van der Waals surface area contributed by atoms with Gasteiger partial charge in [0.25, 0.3) is 0 Å². The smallest absolute Gasteiger partial charge is 0.152 e. The molecule has 1 aromatic carbocycles. The second kappa shape index (κ2) is 4.84. The van der Waals surface area contributed by atoms with E-state index in [0.717, 1.165) is 18.7 Å². The maximum atomic E-state index is 13.0. The van der Waals surface area contributed by atoms with Crippen molar-refractivity contribution in [3.8, 4) is 0 Å². The Morgan fingerprint density at radius 2 is 2.35 bits per heavy atom. The van der Waals surface area contributed by atoms with Crippen LogP contribution in [0.25, 0.3) is 0 Å². The molecule has 1 N–H and O–H groups in total. The number of anilines is 1. The topological polar surface area (TPSA) is 40.5 Å². The van der Waals surface area contributed by atoms with Crippen LogP contribution in [0.5, 0.6) is 0 Å². The van der Waals surface area contributed by atoms with E-state index >= 15 is 0 Å². The van der Waals surface area contributed by atoms with Crippen molar-refractivity contribution in [1.29, 1.82) is 0 Å². The fourth-order valence-electron chi connectivity index (χ4n) is 2.31. The summed E-state index contributed by atoms with van der Waals surface area (Å²) >= 11 is 0. The number of benzene rings is 1. The van der Waals surface area contributed by atoms with E-state index in [0.29, 0.717) is 18.4 Å². The Balaban J connectivity index is 2.21. The Kier molecular flexibility index (Phi) is 3.43. The van der Waals surface area contributed by atoms with Crippen LogP contribution in [0.3, 0.4) is 0 Å². The summed E-state index contributed by atoms with van der Waals surface area (Å²) in [6, 6.07) is 4.24. The maximum Gasteiger partial charge on any atom is 0.152 e. The number of halogens is 1. The lowest BCUT2D eigenvalue weighted by Crippen LogP contribution is -2.24. The molecule has 0 spiro atoms. The summed E-state index contributed by atoms with van der Waals surface area (Å²) in [5.74, 6) is -0.179. The molecule has 4 heteroatoms. The van der Waals surface area contributed by atoms with Crippen LogP contribution in [0.15, 0.2) is 18.2 Å². The van der Waals surface area contributed by atoms with Gasteiger partial charge in [0.15, 0.2) is 6.29 Å². The minimum Gasteiger partial charge on any atom is -0.393 e.